The number of pyridine rings is 1. The van der Waals surface area contributed by atoms with E-state index in [1.807, 2.05) is 35.0 Å². The number of benzene rings is 1. The number of carboxylic acid groups (broad SMARTS) is 1. The van der Waals surface area contributed by atoms with Crippen LogP contribution in [0.2, 0.25) is 0 Å². The second-order valence-electron chi connectivity index (χ2n) is 8.76. The van der Waals surface area contributed by atoms with Crippen LogP contribution in [0.3, 0.4) is 0 Å². The van der Waals surface area contributed by atoms with E-state index in [-0.39, 0.29) is 6.10 Å². The molecule has 6 rings (SSSR count). The van der Waals surface area contributed by atoms with Crippen molar-refractivity contribution in [3.8, 4) is 11.6 Å². The van der Waals surface area contributed by atoms with Crippen LogP contribution in [-0.2, 0) is 0 Å². The van der Waals surface area contributed by atoms with E-state index >= 15 is 0 Å². The summed E-state index contributed by atoms with van der Waals surface area (Å²) in [5.41, 5.74) is 1.47. The molecule has 1 aliphatic carbocycles. The second kappa shape index (κ2) is 8.36. The van der Waals surface area contributed by atoms with Crippen molar-refractivity contribution < 1.29 is 19.2 Å². The lowest BCUT2D eigenvalue weighted by atomic mass is 10.1. The van der Waals surface area contributed by atoms with Gasteiger partial charge in [-0.2, -0.15) is 4.98 Å². The van der Waals surface area contributed by atoms with Crippen LogP contribution in [0.25, 0.3) is 16.7 Å². The molecule has 0 bridgehead atoms. The Morgan fingerprint density at radius 1 is 1.12 bits per heavy atom. The number of ether oxygens (including phenoxy) is 1. The first-order chi connectivity index (χ1) is 16.6. The van der Waals surface area contributed by atoms with Crippen LogP contribution in [-0.4, -0.2) is 50.1 Å². The zero-order valence-electron chi connectivity index (χ0n) is 18.4. The molecular formula is C24H24N6O4. The average Bonchev–Trinajstić information content (AvgIpc) is 3.42. The lowest BCUT2D eigenvalue weighted by molar-refractivity contribution is 0.168. The fourth-order valence-corrected chi connectivity index (χ4v) is 4.35. The number of hydrogen-bond donors (Lipinski definition) is 2. The summed E-state index contributed by atoms with van der Waals surface area (Å²) >= 11 is 0. The molecule has 1 saturated heterocycles. The SMILES string of the molecule is O=C(O)Nc1ccc2c(ccn2-c2ccc(OC3CCN(c4nc(C5CC5)no4)CC3)cn2)c1. The van der Waals surface area contributed by atoms with Gasteiger partial charge in [0.05, 0.1) is 11.7 Å². The lowest BCUT2D eigenvalue weighted by Gasteiger charge is -2.30. The molecule has 2 fully saturated rings. The summed E-state index contributed by atoms with van der Waals surface area (Å²) in [5, 5.41) is 16.3. The van der Waals surface area contributed by atoms with Crippen LogP contribution >= 0.6 is 0 Å². The fourth-order valence-electron chi connectivity index (χ4n) is 4.35. The molecule has 0 radical (unpaired) electrons. The van der Waals surface area contributed by atoms with Crippen LogP contribution in [0.5, 0.6) is 5.75 Å². The van der Waals surface area contributed by atoms with Gasteiger partial charge < -0.3 is 23.8 Å². The molecule has 1 aromatic carbocycles. The third-order valence-electron chi connectivity index (χ3n) is 6.30. The molecule has 4 aromatic rings. The minimum absolute atomic E-state index is 0.113. The number of fused-ring (bicyclic) bond motifs is 1. The number of aromatic nitrogens is 4. The highest BCUT2D eigenvalue weighted by atomic mass is 16.5. The minimum Gasteiger partial charge on any atom is -0.489 e. The molecule has 4 heterocycles. The molecule has 10 heteroatoms. The molecule has 1 saturated carbocycles. The third kappa shape index (κ3) is 4.14. The van der Waals surface area contributed by atoms with E-state index in [0.717, 1.165) is 67.1 Å². The summed E-state index contributed by atoms with van der Waals surface area (Å²) in [5.74, 6) is 2.83. The Balaban J connectivity index is 1.08. The molecule has 0 spiro atoms. The van der Waals surface area contributed by atoms with Crippen molar-refractivity contribution >= 4 is 28.7 Å². The summed E-state index contributed by atoms with van der Waals surface area (Å²) < 4.78 is 13.6. The first kappa shape index (κ1) is 20.5. The maximum atomic E-state index is 10.9. The molecule has 1 aliphatic heterocycles. The highest BCUT2D eigenvalue weighted by Crippen LogP contribution is 2.39. The van der Waals surface area contributed by atoms with Crippen LogP contribution < -0.4 is 15.0 Å². The number of piperidine rings is 1. The number of anilines is 2. The van der Waals surface area contributed by atoms with Crippen LogP contribution in [0.1, 0.15) is 37.4 Å². The van der Waals surface area contributed by atoms with Gasteiger partial charge in [0.2, 0.25) is 0 Å². The first-order valence-electron chi connectivity index (χ1n) is 11.4. The van der Waals surface area contributed by atoms with Gasteiger partial charge in [-0.1, -0.05) is 5.16 Å². The van der Waals surface area contributed by atoms with E-state index in [4.69, 9.17) is 14.4 Å². The van der Waals surface area contributed by atoms with Gasteiger partial charge in [0.15, 0.2) is 5.82 Å². The summed E-state index contributed by atoms with van der Waals surface area (Å²) in [6, 6.07) is 11.8. The van der Waals surface area contributed by atoms with Gasteiger partial charge in [-0.3, -0.25) is 5.32 Å². The van der Waals surface area contributed by atoms with Crippen molar-refractivity contribution in [1.82, 2.24) is 19.7 Å². The standard InChI is InChI=1S/C24H24N6O4/c31-24(32)26-17-3-5-20-16(13-17)7-12-30(20)21-6-4-19(14-25-21)33-18-8-10-29(11-9-18)23-27-22(28-34-23)15-1-2-15/h3-7,12-15,18,26H,1-2,8-11H2,(H,31,32). The topological polar surface area (TPSA) is 119 Å². The van der Waals surface area contributed by atoms with Gasteiger partial charge in [0.25, 0.3) is 0 Å². The van der Waals surface area contributed by atoms with E-state index in [9.17, 15) is 4.79 Å². The van der Waals surface area contributed by atoms with E-state index in [1.54, 1.807) is 18.3 Å². The molecule has 2 aliphatic rings. The molecule has 10 nitrogen and oxygen atoms in total. The average molecular weight is 460 g/mol. The van der Waals surface area contributed by atoms with Gasteiger partial charge >= 0.3 is 12.1 Å². The van der Waals surface area contributed by atoms with E-state index in [1.165, 1.54) is 0 Å². The fraction of sp³-hybridized carbons (Fsp3) is 0.333. The van der Waals surface area contributed by atoms with Gasteiger partial charge in [0.1, 0.15) is 17.7 Å². The summed E-state index contributed by atoms with van der Waals surface area (Å²) in [7, 11) is 0. The Morgan fingerprint density at radius 2 is 1.97 bits per heavy atom. The Hall–Kier alpha value is -4.08. The first-order valence-corrected chi connectivity index (χ1v) is 11.4. The molecule has 0 unspecified atom stereocenters. The maximum absolute atomic E-state index is 10.9. The number of nitrogens with zero attached hydrogens (tertiary/aromatic N) is 5. The van der Waals surface area contributed by atoms with Crippen molar-refractivity contribution in [2.75, 3.05) is 23.3 Å². The number of amides is 1. The summed E-state index contributed by atoms with van der Waals surface area (Å²) in [4.78, 5) is 22.1. The normalized spacial score (nSPS) is 16.6. The summed E-state index contributed by atoms with van der Waals surface area (Å²) in [6.45, 7) is 1.63. The zero-order valence-corrected chi connectivity index (χ0v) is 18.4. The molecular weight excluding hydrogens is 436 g/mol. The number of carbonyl (C=O) groups is 1. The minimum atomic E-state index is -1.08. The highest BCUT2D eigenvalue weighted by Gasteiger charge is 2.31. The Kier molecular flexibility index (Phi) is 5.05. The predicted octanol–water partition coefficient (Wildman–Crippen LogP) is 4.42. The van der Waals surface area contributed by atoms with Crippen molar-refractivity contribution in [3.05, 3.63) is 54.6 Å². The van der Waals surface area contributed by atoms with E-state index < -0.39 is 6.09 Å². The van der Waals surface area contributed by atoms with E-state index in [2.05, 4.69) is 25.3 Å². The zero-order chi connectivity index (χ0) is 23.1. The molecule has 174 valence electrons. The van der Waals surface area contributed by atoms with E-state index in [0.29, 0.717) is 17.6 Å². The predicted molar refractivity (Wildman–Crippen MR) is 125 cm³/mol. The second-order valence-corrected chi connectivity index (χ2v) is 8.76. The van der Waals surface area contributed by atoms with Crippen LogP contribution in [0.4, 0.5) is 16.5 Å². The molecule has 34 heavy (non-hydrogen) atoms. The maximum Gasteiger partial charge on any atom is 0.409 e. The van der Waals surface area contributed by atoms with Crippen molar-refractivity contribution in [1.29, 1.82) is 0 Å². The monoisotopic (exact) mass is 460 g/mol. The smallest absolute Gasteiger partial charge is 0.409 e. The largest absolute Gasteiger partial charge is 0.489 e. The lowest BCUT2D eigenvalue weighted by Crippen LogP contribution is -2.38. The van der Waals surface area contributed by atoms with Gasteiger partial charge in [-0.05, 0) is 49.2 Å². The quantitative estimate of drug-likeness (QED) is 0.434. The van der Waals surface area contributed by atoms with Gasteiger partial charge in [0, 0.05) is 49.1 Å². The third-order valence-corrected chi connectivity index (χ3v) is 6.30. The highest BCUT2D eigenvalue weighted by molar-refractivity contribution is 5.90. The summed E-state index contributed by atoms with van der Waals surface area (Å²) in [6.07, 6.45) is 6.76. The Morgan fingerprint density at radius 3 is 2.71 bits per heavy atom. The number of hydrogen-bond acceptors (Lipinski definition) is 7. The number of nitrogens with one attached hydrogen (secondary N) is 1. The Labute approximate surface area is 195 Å². The van der Waals surface area contributed by atoms with Crippen molar-refractivity contribution in [2.24, 2.45) is 0 Å². The van der Waals surface area contributed by atoms with Crippen molar-refractivity contribution in [2.45, 2.75) is 37.7 Å². The molecule has 2 N–H and O–H groups in total. The molecule has 3 aromatic heterocycles. The molecule has 1 amide bonds. The van der Waals surface area contributed by atoms with Crippen LogP contribution in [0.15, 0.2) is 53.3 Å². The molecule has 0 atom stereocenters. The van der Waals surface area contributed by atoms with Crippen LogP contribution in [0, 0.1) is 0 Å². The number of rotatable bonds is 6. The van der Waals surface area contributed by atoms with Crippen molar-refractivity contribution in [3.63, 3.8) is 0 Å². The van der Waals surface area contributed by atoms with Gasteiger partial charge in [-0.25, -0.2) is 9.78 Å². The van der Waals surface area contributed by atoms with Gasteiger partial charge in [-0.15, -0.1) is 0 Å². The Bertz CT molecular complexity index is 1320.